The Morgan fingerprint density at radius 3 is 2.61 bits per heavy atom. The number of unbranched alkanes of at least 4 members (excludes halogenated alkanes) is 3. The van der Waals surface area contributed by atoms with Crippen LogP contribution >= 0.6 is 0 Å². The standard InChI is InChI=1S/C21H29N5O4S/c1-4-5-6-9-12-22-21(28)20-17-13-25(14-19(27)24(2)3)31(29,30)18-11-8-7-10-16(18)26(17)15-23-20/h7-8,10-11,15H,4-6,9,12-14H2,1-3H3,(H,22,28). The first-order valence-electron chi connectivity index (χ1n) is 10.4. The minimum absolute atomic E-state index is 0.0734. The van der Waals surface area contributed by atoms with E-state index in [0.29, 0.717) is 17.9 Å². The Morgan fingerprint density at radius 2 is 1.90 bits per heavy atom. The van der Waals surface area contributed by atoms with Crippen molar-refractivity contribution in [1.29, 1.82) is 0 Å². The maximum atomic E-state index is 13.3. The van der Waals surface area contributed by atoms with Gasteiger partial charge in [0.2, 0.25) is 15.9 Å². The molecule has 3 rings (SSSR count). The molecule has 0 spiro atoms. The number of hydrogen-bond acceptors (Lipinski definition) is 5. The maximum absolute atomic E-state index is 13.3. The fraction of sp³-hybridized carbons (Fsp3) is 0.476. The Bertz CT molecular complexity index is 1060. The van der Waals surface area contributed by atoms with E-state index in [1.165, 1.54) is 17.3 Å². The van der Waals surface area contributed by atoms with Crippen LogP contribution in [0.2, 0.25) is 0 Å². The molecule has 1 aromatic carbocycles. The number of nitrogens with one attached hydrogen (secondary N) is 1. The van der Waals surface area contributed by atoms with E-state index >= 15 is 0 Å². The average molecular weight is 448 g/mol. The third kappa shape index (κ3) is 4.80. The van der Waals surface area contributed by atoms with Crippen LogP contribution in [-0.4, -0.2) is 66.2 Å². The van der Waals surface area contributed by atoms with Crippen LogP contribution < -0.4 is 5.32 Å². The summed E-state index contributed by atoms with van der Waals surface area (Å²) in [6.45, 7) is 2.20. The summed E-state index contributed by atoms with van der Waals surface area (Å²) in [5, 5.41) is 2.88. The molecule has 9 nitrogen and oxygen atoms in total. The Labute approximate surface area is 183 Å². The molecule has 1 N–H and O–H groups in total. The minimum Gasteiger partial charge on any atom is -0.351 e. The number of benzene rings is 1. The summed E-state index contributed by atoms with van der Waals surface area (Å²) in [6, 6.07) is 6.53. The summed E-state index contributed by atoms with van der Waals surface area (Å²) in [5.41, 5.74) is 1.02. The normalized spacial score (nSPS) is 14.9. The molecule has 1 aromatic heterocycles. The highest BCUT2D eigenvalue weighted by molar-refractivity contribution is 7.89. The molecule has 2 aromatic rings. The Balaban J connectivity index is 1.97. The monoisotopic (exact) mass is 447 g/mol. The van der Waals surface area contributed by atoms with E-state index in [-0.39, 0.29) is 35.5 Å². The summed E-state index contributed by atoms with van der Waals surface area (Å²) in [5.74, 6) is -0.697. The van der Waals surface area contributed by atoms with Crippen LogP contribution in [0.3, 0.4) is 0 Å². The number of hydrogen-bond donors (Lipinski definition) is 1. The number of nitrogens with zero attached hydrogens (tertiary/aromatic N) is 4. The zero-order valence-corrected chi connectivity index (χ0v) is 19.0. The van der Waals surface area contributed by atoms with Gasteiger partial charge in [0.25, 0.3) is 5.91 Å². The van der Waals surface area contributed by atoms with Crippen molar-refractivity contribution in [1.82, 2.24) is 24.1 Å². The third-order valence-corrected chi connectivity index (χ3v) is 7.12. The number of rotatable bonds is 8. The summed E-state index contributed by atoms with van der Waals surface area (Å²) in [4.78, 5) is 30.8. The third-order valence-electron chi connectivity index (χ3n) is 5.28. The summed E-state index contributed by atoms with van der Waals surface area (Å²) in [6.07, 6.45) is 5.59. The van der Waals surface area contributed by atoms with Gasteiger partial charge >= 0.3 is 0 Å². The predicted octanol–water partition coefficient (Wildman–Crippen LogP) is 1.77. The van der Waals surface area contributed by atoms with Gasteiger partial charge in [-0.25, -0.2) is 13.4 Å². The highest BCUT2D eigenvalue weighted by atomic mass is 32.2. The highest BCUT2D eigenvalue weighted by Gasteiger charge is 2.36. The van der Waals surface area contributed by atoms with Crippen LogP contribution in [0.15, 0.2) is 35.5 Å². The first-order valence-corrected chi connectivity index (χ1v) is 11.9. The zero-order valence-electron chi connectivity index (χ0n) is 18.2. The SMILES string of the molecule is CCCCCCNC(=O)c1ncn2c1CN(CC(=O)N(C)C)S(=O)(=O)c1ccccc1-2. The van der Waals surface area contributed by atoms with Crippen molar-refractivity contribution in [3.05, 3.63) is 42.0 Å². The number of sulfonamides is 1. The van der Waals surface area contributed by atoms with Crippen molar-refractivity contribution in [2.24, 2.45) is 0 Å². The van der Waals surface area contributed by atoms with Gasteiger partial charge in [0.1, 0.15) is 11.2 Å². The van der Waals surface area contributed by atoms with Gasteiger partial charge in [-0.3, -0.25) is 14.2 Å². The number of carbonyl (C=O) groups is 2. The highest BCUT2D eigenvalue weighted by Crippen LogP contribution is 2.31. The first kappa shape index (κ1) is 23.0. The molecule has 0 atom stereocenters. The fourth-order valence-corrected chi connectivity index (χ4v) is 4.99. The van der Waals surface area contributed by atoms with E-state index in [9.17, 15) is 18.0 Å². The van der Waals surface area contributed by atoms with Crippen molar-refractivity contribution in [2.75, 3.05) is 27.2 Å². The minimum atomic E-state index is -3.95. The van der Waals surface area contributed by atoms with E-state index in [4.69, 9.17) is 0 Å². The molecule has 10 heteroatoms. The Hall–Kier alpha value is -2.72. The lowest BCUT2D eigenvalue weighted by Gasteiger charge is -2.21. The van der Waals surface area contributed by atoms with E-state index in [1.54, 1.807) is 36.9 Å². The molecule has 0 bridgehead atoms. The second-order valence-electron chi connectivity index (χ2n) is 7.76. The van der Waals surface area contributed by atoms with Gasteiger partial charge < -0.3 is 10.2 Å². The molecule has 2 heterocycles. The smallest absolute Gasteiger partial charge is 0.271 e. The van der Waals surface area contributed by atoms with Gasteiger partial charge in [-0.2, -0.15) is 4.31 Å². The molecular weight excluding hydrogens is 418 g/mol. The number of imidazole rings is 1. The van der Waals surface area contributed by atoms with Crippen molar-refractivity contribution in [3.8, 4) is 5.69 Å². The lowest BCUT2D eigenvalue weighted by atomic mass is 10.2. The van der Waals surface area contributed by atoms with Gasteiger partial charge in [-0.1, -0.05) is 38.3 Å². The number of likely N-dealkylation sites (N-methyl/N-ethyl adjacent to an activating group) is 1. The van der Waals surface area contributed by atoms with Crippen molar-refractivity contribution in [3.63, 3.8) is 0 Å². The van der Waals surface area contributed by atoms with E-state index in [0.717, 1.165) is 30.0 Å². The summed E-state index contributed by atoms with van der Waals surface area (Å²) in [7, 11) is -0.806. The predicted molar refractivity (Wildman–Crippen MR) is 116 cm³/mol. The fourth-order valence-electron chi connectivity index (χ4n) is 3.46. The van der Waals surface area contributed by atoms with Gasteiger partial charge in [0.05, 0.1) is 24.5 Å². The van der Waals surface area contributed by atoms with Gasteiger partial charge in [0.15, 0.2) is 5.69 Å². The Kier molecular flexibility index (Phi) is 7.11. The van der Waals surface area contributed by atoms with Gasteiger partial charge in [-0.15, -0.1) is 0 Å². The molecule has 0 radical (unpaired) electrons. The molecule has 1 aliphatic rings. The van der Waals surface area contributed by atoms with E-state index in [1.807, 2.05) is 0 Å². The molecule has 0 saturated heterocycles. The molecule has 0 aliphatic carbocycles. The summed E-state index contributed by atoms with van der Waals surface area (Å²) < 4.78 is 29.4. The molecule has 1 aliphatic heterocycles. The maximum Gasteiger partial charge on any atom is 0.271 e. The Morgan fingerprint density at radius 1 is 1.16 bits per heavy atom. The van der Waals surface area contributed by atoms with Crippen LogP contribution in [-0.2, 0) is 21.4 Å². The first-order chi connectivity index (χ1) is 14.8. The molecule has 31 heavy (non-hydrogen) atoms. The topological polar surface area (TPSA) is 105 Å². The number of fused-ring (bicyclic) bond motifs is 3. The van der Waals surface area contributed by atoms with Crippen molar-refractivity contribution >= 4 is 21.8 Å². The van der Waals surface area contributed by atoms with Crippen molar-refractivity contribution in [2.45, 2.75) is 44.0 Å². The van der Waals surface area contributed by atoms with Crippen LogP contribution in [0.5, 0.6) is 0 Å². The quantitative estimate of drug-likeness (QED) is 0.621. The number of carbonyl (C=O) groups excluding carboxylic acids is 2. The summed E-state index contributed by atoms with van der Waals surface area (Å²) >= 11 is 0. The largest absolute Gasteiger partial charge is 0.351 e. The molecule has 168 valence electrons. The molecule has 0 unspecified atom stereocenters. The van der Waals surface area contributed by atoms with Crippen LogP contribution in [0, 0.1) is 0 Å². The second-order valence-corrected chi connectivity index (χ2v) is 9.66. The average Bonchev–Trinajstić information content (AvgIpc) is 3.12. The lowest BCUT2D eigenvalue weighted by Crippen LogP contribution is -2.39. The van der Waals surface area contributed by atoms with Gasteiger partial charge in [0, 0.05) is 20.6 Å². The number of aromatic nitrogens is 2. The number of para-hydroxylation sites is 1. The lowest BCUT2D eigenvalue weighted by molar-refractivity contribution is -0.128. The van der Waals surface area contributed by atoms with Crippen molar-refractivity contribution < 1.29 is 18.0 Å². The van der Waals surface area contributed by atoms with Crippen LogP contribution in [0.25, 0.3) is 5.69 Å². The van der Waals surface area contributed by atoms with Gasteiger partial charge in [-0.05, 0) is 18.6 Å². The van der Waals surface area contributed by atoms with E-state index < -0.39 is 10.0 Å². The molecule has 0 fully saturated rings. The van der Waals surface area contributed by atoms with E-state index in [2.05, 4.69) is 17.2 Å². The number of amides is 2. The molecular formula is C21H29N5O4S. The molecule has 2 amide bonds. The van der Waals surface area contributed by atoms with Crippen LogP contribution in [0.4, 0.5) is 0 Å². The van der Waals surface area contributed by atoms with Crippen LogP contribution in [0.1, 0.15) is 48.8 Å². The molecule has 0 saturated carbocycles. The zero-order chi connectivity index (χ0) is 22.6. The second kappa shape index (κ2) is 9.61.